The summed E-state index contributed by atoms with van der Waals surface area (Å²) in [6.45, 7) is 1.95. The van der Waals surface area contributed by atoms with Gasteiger partial charge in [-0.2, -0.15) is 5.10 Å². The van der Waals surface area contributed by atoms with Gasteiger partial charge in [-0.15, -0.1) is 0 Å². The molecular formula is C33H24ClN3O3. The predicted molar refractivity (Wildman–Crippen MR) is 154 cm³/mol. The summed E-state index contributed by atoms with van der Waals surface area (Å²) in [7, 11) is 0. The zero-order valence-corrected chi connectivity index (χ0v) is 22.3. The molecule has 4 aromatic carbocycles. The van der Waals surface area contributed by atoms with Crippen molar-refractivity contribution < 1.29 is 14.4 Å². The number of carbonyl (C=O) groups excluding carboxylic acids is 3. The standard InChI is InChI=1S/C33H24ClN3O3/c1-19-14-16-20(17-15-19)30(38)36-35-18-33-23-10-4-2-8-21(23)27(22-9-3-5-11-24(22)33)28-29(33)32(40)37(31(28)39)26-13-7-6-12-25(26)34/h2-18,27-29H,1H3,(H,36,38)/b35-18-/t27?,28-,29-,33?/m1/s1. The Bertz CT molecular complexity index is 1700. The van der Waals surface area contributed by atoms with Crippen LogP contribution in [0.1, 0.15) is 44.1 Å². The number of carbonyl (C=O) groups is 3. The van der Waals surface area contributed by atoms with Gasteiger partial charge in [0, 0.05) is 17.7 Å². The number of nitrogens with zero attached hydrogens (tertiary/aromatic N) is 2. The molecule has 1 heterocycles. The Morgan fingerprint density at radius 1 is 0.850 bits per heavy atom. The van der Waals surface area contributed by atoms with E-state index < -0.39 is 17.3 Å². The molecule has 0 unspecified atom stereocenters. The third kappa shape index (κ3) is 3.29. The number of hydrogen-bond acceptors (Lipinski definition) is 4. The molecular weight excluding hydrogens is 522 g/mol. The van der Waals surface area contributed by atoms with Crippen molar-refractivity contribution >= 4 is 41.2 Å². The molecule has 1 N–H and O–H groups in total. The van der Waals surface area contributed by atoms with E-state index in [0.717, 1.165) is 27.8 Å². The number of rotatable bonds is 4. The molecule has 4 aromatic rings. The smallest absolute Gasteiger partial charge is 0.271 e. The van der Waals surface area contributed by atoms with E-state index in [2.05, 4.69) is 10.5 Å². The fraction of sp³-hybridized carbons (Fsp3) is 0.152. The van der Waals surface area contributed by atoms with Crippen LogP contribution >= 0.6 is 11.6 Å². The molecule has 3 aliphatic carbocycles. The Balaban J connectivity index is 1.41. The average molecular weight is 546 g/mol. The third-order valence-corrected chi connectivity index (χ3v) is 8.84. The molecule has 3 amide bonds. The van der Waals surface area contributed by atoms with Crippen LogP contribution in [0.3, 0.4) is 0 Å². The van der Waals surface area contributed by atoms with E-state index in [0.29, 0.717) is 16.3 Å². The third-order valence-electron chi connectivity index (χ3n) is 8.53. The second-order valence-corrected chi connectivity index (χ2v) is 11.0. The molecule has 1 saturated heterocycles. The summed E-state index contributed by atoms with van der Waals surface area (Å²) in [4.78, 5) is 42.7. The summed E-state index contributed by atoms with van der Waals surface area (Å²) >= 11 is 6.50. The molecule has 196 valence electrons. The van der Waals surface area contributed by atoms with Crippen LogP contribution in [0.5, 0.6) is 0 Å². The van der Waals surface area contributed by atoms with Crippen molar-refractivity contribution in [2.75, 3.05) is 4.90 Å². The van der Waals surface area contributed by atoms with Crippen molar-refractivity contribution in [3.05, 3.63) is 135 Å². The lowest BCUT2D eigenvalue weighted by molar-refractivity contribution is -0.122. The summed E-state index contributed by atoms with van der Waals surface area (Å²) in [6.07, 6.45) is 1.66. The Morgan fingerprint density at radius 2 is 1.45 bits per heavy atom. The lowest BCUT2D eigenvalue weighted by atomic mass is 9.47. The second kappa shape index (κ2) is 9.00. The number of anilines is 1. The summed E-state index contributed by atoms with van der Waals surface area (Å²) in [5.41, 5.74) is 7.28. The van der Waals surface area contributed by atoms with Crippen LogP contribution in [0, 0.1) is 18.8 Å². The van der Waals surface area contributed by atoms with Crippen LogP contribution in [-0.4, -0.2) is 23.9 Å². The first-order chi connectivity index (χ1) is 19.4. The highest BCUT2D eigenvalue weighted by Crippen LogP contribution is 2.63. The van der Waals surface area contributed by atoms with Crippen molar-refractivity contribution in [2.45, 2.75) is 18.3 Å². The van der Waals surface area contributed by atoms with Gasteiger partial charge in [0.25, 0.3) is 5.91 Å². The van der Waals surface area contributed by atoms with Gasteiger partial charge in [-0.1, -0.05) is 90.0 Å². The Morgan fingerprint density at radius 3 is 2.10 bits per heavy atom. The molecule has 2 bridgehead atoms. The van der Waals surface area contributed by atoms with Crippen LogP contribution in [0.4, 0.5) is 5.69 Å². The maximum atomic E-state index is 14.4. The van der Waals surface area contributed by atoms with Gasteiger partial charge in [-0.25, -0.2) is 10.3 Å². The average Bonchev–Trinajstić information content (AvgIpc) is 3.24. The molecule has 1 fully saturated rings. The summed E-state index contributed by atoms with van der Waals surface area (Å²) < 4.78 is 0. The normalized spacial score (nSPS) is 24.1. The van der Waals surface area contributed by atoms with Crippen LogP contribution in [0.2, 0.25) is 5.02 Å². The highest BCUT2D eigenvalue weighted by molar-refractivity contribution is 6.36. The van der Waals surface area contributed by atoms with Gasteiger partial charge in [-0.3, -0.25) is 14.4 Å². The van der Waals surface area contributed by atoms with Crippen LogP contribution in [0.25, 0.3) is 0 Å². The number of para-hydroxylation sites is 1. The molecule has 0 radical (unpaired) electrons. The Hall–Kier alpha value is -4.55. The zero-order valence-electron chi connectivity index (χ0n) is 21.5. The monoisotopic (exact) mass is 545 g/mol. The molecule has 6 nitrogen and oxygen atoms in total. The number of imide groups is 1. The van der Waals surface area contributed by atoms with Crippen LogP contribution < -0.4 is 10.3 Å². The molecule has 0 saturated carbocycles. The first kappa shape index (κ1) is 24.5. The number of halogens is 1. The molecule has 0 spiro atoms. The van der Waals surface area contributed by atoms with E-state index in [1.54, 1.807) is 42.6 Å². The van der Waals surface area contributed by atoms with Crippen molar-refractivity contribution in [2.24, 2.45) is 16.9 Å². The highest BCUT2D eigenvalue weighted by Gasteiger charge is 2.68. The molecule has 1 aliphatic heterocycles. The Labute approximate surface area is 236 Å². The van der Waals surface area contributed by atoms with Gasteiger partial charge in [0.1, 0.15) is 0 Å². The van der Waals surface area contributed by atoms with Gasteiger partial charge in [0.15, 0.2) is 0 Å². The molecule has 8 rings (SSSR count). The lowest BCUT2D eigenvalue weighted by Gasteiger charge is -2.52. The number of aryl methyl sites for hydroxylation is 1. The zero-order chi connectivity index (χ0) is 27.6. The lowest BCUT2D eigenvalue weighted by Crippen LogP contribution is -2.54. The van der Waals surface area contributed by atoms with E-state index in [1.165, 1.54) is 4.90 Å². The summed E-state index contributed by atoms with van der Waals surface area (Å²) in [6, 6.07) is 29.9. The maximum Gasteiger partial charge on any atom is 0.271 e. The van der Waals surface area contributed by atoms with Gasteiger partial charge in [0.2, 0.25) is 11.8 Å². The molecule has 7 heteroatoms. The minimum atomic E-state index is -1.07. The second-order valence-electron chi connectivity index (χ2n) is 10.6. The molecule has 4 aliphatic rings. The summed E-state index contributed by atoms with van der Waals surface area (Å²) in [5, 5.41) is 4.79. The van der Waals surface area contributed by atoms with E-state index in [1.807, 2.05) is 67.6 Å². The van der Waals surface area contributed by atoms with Crippen molar-refractivity contribution in [1.82, 2.24) is 5.43 Å². The van der Waals surface area contributed by atoms with Crippen molar-refractivity contribution in [3.63, 3.8) is 0 Å². The van der Waals surface area contributed by atoms with Gasteiger partial charge in [-0.05, 0) is 53.4 Å². The first-order valence-corrected chi connectivity index (χ1v) is 13.5. The topological polar surface area (TPSA) is 78.8 Å². The minimum Gasteiger partial charge on any atom is -0.274 e. The van der Waals surface area contributed by atoms with E-state index in [-0.39, 0.29) is 23.6 Å². The number of hydrazone groups is 1. The fourth-order valence-electron chi connectivity index (χ4n) is 6.88. The van der Waals surface area contributed by atoms with E-state index >= 15 is 0 Å². The maximum absolute atomic E-state index is 14.4. The van der Waals surface area contributed by atoms with Gasteiger partial charge in [0.05, 0.1) is 28.0 Å². The van der Waals surface area contributed by atoms with Crippen molar-refractivity contribution in [1.29, 1.82) is 0 Å². The Kier molecular flexibility index (Phi) is 5.51. The van der Waals surface area contributed by atoms with E-state index in [4.69, 9.17) is 11.6 Å². The largest absolute Gasteiger partial charge is 0.274 e. The minimum absolute atomic E-state index is 0.279. The van der Waals surface area contributed by atoms with Crippen LogP contribution in [-0.2, 0) is 15.0 Å². The molecule has 40 heavy (non-hydrogen) atoms. The first-order valence-electron chi connectivity index (χ1n) is 13.2. The van der Waals surface area contributed by atoms with E-state index in [9.17, 15) is 14.4 Å². The fourth-order valence-corrected chi connectivity index (χ4v) is 7.10. The number of hydrogen-bond donors (Lipinski definition) is 1. The molecule has 0 aromatic heterocycles. The van der Waals surface area contributed by atoms with Crippen LogP contribution in [0.15, 0.2) is 102 Å². The molecule has 2 atom stereocenters. The summed E-state index contributed by atoms with van der Waals surface area (Å²) in [5.74, 6) is -2.66. The van der Waals surface area contributed by atoms with Gasteiger partial charge >= 0.3 is 0 Å². The highest BCUT2D eigenvalue weighted by atomic mass is 35.5. The number of nitrogens with one attached hydrogen (secondary N) is 1. The van der Waals surface area contributed by atoms with Gasteiger partial charge < -0.3 is 0 Å². The SMILES string of the molecule is Cc1ccc(C(=O)N/N=C\C23c4ccccc4C(c4ccccc42)[C@H]2C(=O)N(c4ccccc4Cl)C(=O)[C@@H]23)cc1. The number of amides is 3. The predicted octanol–water partition coefficient (Wildman–Crippen LogP) is 5.62. The quantitative estimate of drug-likeness (QED) is 0.205. The number of benzene rings is 4. The van der Waals surface area contributed by atoms with Crippen molar-refractivity contribution in [3.8, 4) is 0 Å².